The number of benzene rings is 1. The Hall–Kier alpha value is -2.56. The highest BCUT2D eigenvalue weighted by atomic mass is 16.5. The van der Waals surface area contributed by atoms with Crippen LogP contribution in [0.4, 0.5) is 11.4 Å². The van der Waals surface area contributed by atoms with Crippen molar-refractivity contribution >= 4 is 17.3 Å². The van der Waals surface area contributed by atoms with Gasteiger partial charge >= 0.3 is 0 Å². The molecule has 1 saturated heterocycles. The van der Waals surface area contributed by atoms with E-state index < -0.39 is 0 Å². The Kier molecular flexibility index (Phi) is 4.99. The molecule has 1 aromatic carbocycles. The highest BCUT2D eigenvalue weighted by Crippen LogP contribution is 2.26. The molecule has 1 N–H and O–H groups in total. The maximum Gasteiger partial charge on any atom is 0.257 e. The molecule has 3 rings (SSSR count). The molecule has 1 aliphatic rings. The number of aromatic nitrogens is 1. The Labute approximate surface area is 142 Å². The lowest BCUT2D eigenvalue weighted by Gasteiger charge is -2.28. The van der Waals surface area contributed by atoms with E-state index in [0.29, 0.717) is 17.0 Å². The molecular weight excluding hydrogens is 302 g/mol. The van der Waals surface area contributed by atoms with Gasteiger partial charge in [-0.1, -0.05) is 6.07 Å². The number of carbonyl (C=O) groups is 1. The zero-order valence-electron chi connectivity index (χ0n) is 14.2. The summed E-state index contributed by atoms with van der Waals surface area (Å²) in [6, 6.07) is 7.62. The number of pyridine rings is 1. The van der Waals surface area contributed by atoms with Crippen molar-refractivity contribution in [3.05, 3.63) is 47.8 Å². The Morgan fingerprint density at radius 1 is 1.17 bits per heavy atom. The van der Waals surface area contributed by atoms with E-state index in [-0.39, 0.29) is 5.91 Å². The molecule has 1 aliphatic heterocycles. The first-order valence-corrected chi connectivity index (χ1v) is 8.33. The molecule has 0 bridgehead atoms. The van der Waals surface area contributed by atoms with Gasteiger partial charge in [-0.3, -0.25) is 9.78 Å². The smallest absolute Gasteiger partial charge is 0.257 e. The van der Waals surface area contributed by atoms with E-state index in [0.717, 1.165) is 24.3 Å². The third-order valence-electron chi connectivity index (χ3n) is 4.31. The second-order valence-electron chi connectivity index (χ2n) is 6.14. The number of amides is 1. The summed E-state index contributed by atoms with van der Waals surface area (Å²) in [5.74, 6) is 0.472. The van der Waals surface area contributed by atoms with Gasteiger partial charge in [0.2, 0.25) is 0 Å². The predicted molar refractivity (Wildman–Crippen MR) is 96.0 cm³/mol. The van der Waals surface area contributed by atoms with Crippen LogP contribution in [0.3, 0.4) is 0 Å². The fourth-order valence-corrected chi connectivity index (χ4v) is 2.99. The Bertz CT molecular complexity index is 724. The number of anilines is 2. The Balaban J connectivity index is 1.79. The zero-order chi connectivity index (χ0) is 16.9. The molecule has 0 saturated carbocycles. The Morgan fingerprint density at radius 3 is 2.71 bits per heavy atom. The lowest BCUT2D eigenvalue weighted by atomic mass is 10.1. The molecule has 1 aromatic heterocycles. The molecule has 0 aliphatic carbocycles. The van der Waals surface area contributed by atoms with Crippen LogP contribution in [0, 0.1) is 6.92 Å². The van der Waals surface area contributed by atoms with Crippen molar-refractivity contribution in [1.29, 1.82) is 0 Å². The molecule has 0 spiro atoms. The fraction of sp³-hybridized carbons (Fsp3) is 0.368. The van der Waals surface area contributed by atoms with Crippen molar-refractivity contribution < 1.29 is 9.53 Å². The highest BCUT2D eigenvalue weighted by molar-refractivity contribution is 6.05. The number of hydrogen-bond acceptors (Lipinski definition) is 4. The van der Waals surface area contributed by atoms with Gasteiger partial charge in [0.05, 0.1) is 30.2 Å². The topological polar surface area (TPSA) is 54.5 Å². The average molecular weight is 325 g/mol. The standard InChI is InChI=1S/C19H23N3O2/c1-14-6-7-18(24-2)17(10-14)21-19(23)15-11-16(13-20-12-15)22-8-4-3-5-9-22/h6-7,10-13H,3-5,8-9H2,1-2H3,(H,21,23). The van der Waals surface area contributed by atoms with Crippen molar-refractivity contribution in [1.82, 2.24) is 4.98 Å². The number of ether oxygens (including phenoxy) is 1. The van der Waals surface area contributed by atoms with Crippen LogP contribution in [0.2, 0.25) is 0 Å². The van der Waals surface area contributed by atoms with Gasteiger partial charge in [-0.15, -0.1) is 0 Å². The first-order chi connectivity index (χ1) is 11.7. The van der Waals surface area contributed by atoms with Crippen LogP contribution in [-0.4, -0.2) is 31.1 Å². The SMILES string of the molecule is COc1ccc(C)cc1NC(=O)c1cncc(N2CCCCC2)c1. The van der Waals surface area contributed by atoms with Gasteiger partial charge in [0.25, 0.3) is 5.91 Å². The van der Waals surface area contributed by atoms with E-state index in [1.54, 1.807) is 13.3 Å². The van der Waals surface area contributed by atoms with E-state index >= 15 is 0 Å². The minimum Gasteiger partial charge on any atom is -0.495 e. The van der Waals surface area contributed by atoms with E-state index in [4.69, 9.17) is 4.74 Å². The number of rotatable bonds is 4. The maximum absolute atomic E-state index is 12.6. The van der Waals surface area contributed by atoms with Gasteiger partial charge < -0.3 is 15.0 Å². The number of nitrogens with zero attached hydrogens (tertiary/aromatic N) is 2. The monoisotopic (exact) mass is 325 g/mol. The fourth-order valence-electron chi connectivity index (χ4n) is 2.99. The number of nitrogens with one attached hydrogen (secondary N) is 1. The summed E-state index contributed by atoms with van der Waals surface area (Å²) < 4.78 is 5.32. The third-order valence-corrected chi connectivity index (χ3v) is 4.31. The minimum atomic E-state index is -0.176. The van der Waals surface area contributed by atoms with Crippen LogP contribution < -0.4 is 15.0 Å². The summed E-state index contributed by atoms with van der Waals surface area (Å²) in [6.45, 7) is 4.03. The van der Waals surface area contributed by atoms with Crippen molar-refractivity contribution in [2.24, 2.45) is 0 Å². The molecule has 2 aromatic rings. The molecule has 5 nitrogen and oxygen atoms in total. The first kappa shape index (κ1) is 16.3. The molecule has 126 valence electrons. The van der Waals surface area contributed by atoms with Crippen LogP contribution in [-0.2, 0) is 0 Å². The lowest BCUT2D eigenvalue weighted by Crippen LogP contribution is -2.29. The van der Waals surface area contributed by atoms with E-state index in [2.05, 4.69) is 15.2 Å². The molecule has 0 unspecified atom stereocenters. The second-order valence-corrected chi connectivity index (χ2v) is 6.14. The van der Waals surface area contributed by atoms with Crippen LogP contribution in [0.15, 0.2) is 36.7 Å². The minimum absolute atomic E-state index is 0.176. The molecule has 24 heavy (non-hydrogen) atoms. The summed E-state index contributed by atoms with van der Waals surface area (Å²) >= 11 is 0. The summed E-state index contributed by atoms with van der Waals surface area (Å²) in [7, 11) is 1.60. The van der Waals surface area contributed by atoms with Crippen LogP contribution in [0.1, 0.15) is 35.2 Å². The second kappa shape index (κ2) is 7.34. The van der Waals surface area contributed by atoms with Gasteiger partial charge in [0, 0.05) is 19.3 Å². The van der Waals surface area contributed by atoms with Gasteiger partial charge in [-0.25, -0.2) is 0 Å². The van der Waals surface area contributed by atoms with Crippen molar-refractivity contribution in [3.63, 3.8) is 0 Å². The summed E-state index contributed by atoms with van der Waals surface area (Å²) in [4.78, 5) is 19.1. The molecule has 5 heteroatoms. The van der Waals surface area contributed by atoms with E-state index in [1.165, 1.54) is 19.3 Å². The average Bonchev–Trinajstić information content (AvgIpc) is 2.63. The van der Waals surface area contributed by atoms with E-state index in [1.807, 2.05) is 37.4 Å². The number of aryl methyl sites for hydroxylation is 1. The largest absolute Gasteiger partial charge is 0.495 e. The van der Waals surface area contributed by atoms with Crippen molar-refractivity contribution in [2.75, 3.05) is 30.4 Å². The van der Waals surface area contributed by atoms with Crippen LogP contribution in [0.25, 0.3) is 0 Å². The zero-order valence-corrected chi connectivity index (χ0v) is 14.2. The number of carbonyl (C=O) groups excluding carboxylic acids is 1. The van der Waals surface area contributed by atoms with Gasteiger partial charge in [-0.2, -0.15) is 0 Å². The van der Waals surface area contributed by atoms with Crippen molar-refractivity contribution in [3.8, 4) is 5.75 Å². The Morgan fingerprint density at radius 2 is 1.96 bits per heavy atom. The van der Waals surface area contributed by atoms with E-state index in [9.17, 15) is 4.79 Å². The third kappa shape index (κ3) is 3.67. The molecule has 0 atom stereocenters. The predicted octanol–water partition coefficient (Wildman–Crippen LogP) is 3.64. The van der Waals surface area contributed by atoms with Gasteiger partial charge in [0.15, 0.2) is 0 Å². The maximum atomic E-state index is 12.6. The molecule has 0 radical (unpaired) electrons. The lowest BCUT2D eigenvalue weighted by molar-refractivity contribution is 0.102. The summed E-state index contributed by atoms with van der Waals surface area (Å²) in [5.41, 5.74) is 3.30. The molecular formula is C19H23N3O2. The highest BCUT2D eigenvalue weighted by Gasteiger charge is 2.15. The number of hydrogen-bond donors (Lipinski definition) is 1. The number of methoxy groups -OCH3 is 1. The quantitative estimate of drug-likeness (QED) is 0.932. The van der Waals surface area contributed by atoms with Gasteiger partial charge in [-0.05, 0) is 49.9 Å². The molecule has 1 fully saturated rings. The van der Waals surface area contributed by atoms with Crippen LogP contribution >= 0.6 is 0 Å². The molecule has 2 heterocycles. The molecule has 1 amide bonds. The summed E-state index contributed by atoms with van der Waals surface area (Å²) in [6.07, 6.45) is 7.09. The van der Waals surface area contributed by atoms with Gasteiger partial charge in [0.1, 0.15) is 5.75 Å². The van der Waals surface area contributed by atoms with Crippen LogP contribution in [0.5, 0.6) is 5.75 Å². The van der Waals surface area contributed by atoms with Crippen molar-refractivity contribution in [2.45, 2.75) is 26.2 Å². The number of piperidine rings is 1. The summed E-state index contributed by atoms with van der Waals surface area (Å²) in [5, 5.41) is 2.93. The first-order valence-electron chi connectivity index (χ1n) is 8.33. The normalized spacial score (nSPS) is 14.3.